The Morgan fingerprint density at radius 3 is 1.44 bits per heavy atom. The van der Waals surface area contributed by atoms with E-state index < -0.39 is 7.60 Å². The van der Waals surface area contributed by atoms with E-state index in [2.05, 4.69) is 29.8 Å². The lowest BCUT2D eigenvalue weighted by atomic mass is 10.1. The van der Waals surface area contributed by atoms with Gasteiger partial charge in [-0.25, -0.2) is 0 Å². The maximum absolute atomic E-state index is 11.0. The van der Waals surface area contributed by atoms with E-state index in [0.717, 1.165) is 39.3 Å². The van der Waals surface area contributed by atoms with Gasteiger partial charge in [-0.15, -0.1) is 0 Å². The van der Waals surface area contributed by atoms with E-state index in [0.29, 0.717) is 13.1 Å². The van der Waals surface area contributed by atoms with Gasteiger partial charge in [-0.2, -0.15) is 0 Å². The standard InChI is InChI=1S/C10H22.C9H23N4O3P/c1-3-5-7-9-10-8-6-4-2;14-17(15,16)9-13-7-5-11-3-1-10-2-4-12-6-8-13/h3-10H2,1-2H3;10-12H,1-9H2,(H2,14,15,16). The summed E-state index contributed by atoms with van der Waals surface area (Å²) in [7, 11) is -3.95. The Bertz CT molecular complexity index is 336. The van der Waals surface area contributed by atoms with E-state index in [4.69, 9.17) is 9.79 Å². The van der Waals surface area contributed by atoms with Gasteiger partial charge in [-0.05, 0) is 0 Å². The first-order valence-electron chi connectivity index (χ1n) is 10.9. The molecule has 1 fully saturated rings. The molecule has 5 N–H and O–H groups in total. The van der Waals surface area contributed by atoms with E-state index >= 15 is 0 Å². The molecule has 0 unspecified atom stereocenters. The van der Waals surface area contributed by atoms with Crippen LogP contribution in [0.3, 0.4) is 0 Å². The molecule has 27 heavy (non-hydrogen) atoms. The van der Waals surface area contributed by atoms with Crippen LogP contribution in [0.2, 0.25) is 0 Å². The molecule has 1 aliphatic heterocycles. The summed E-state index contributed by atoms with van der Waals surface area (Å²) in [4.78, 5) is 19.8. The summed E-state index contributed by atoms with van der Waals surface area (Å²) >= 11 is 0. The lowest BCUT2D eigenvalue weighted by molar-refractivity contribution is 0.273. The Kier molecular flexibility index (Phi) is 19.3. The van der Waals surface area contributed by atoms with Crippen LogP contribution in [-0.2, 0) is 4.57 Å². The van der Waals surface area contributed by atoms with Crippen molar-refractivity contribution in [3.8, 4) is 0 Å². The zero-order valence-corrected chi connectivity index (χ0v) is 18.6. The topological polar surface area (TPSA) is 96.9 Å². The molecule has 0 aromatic heterocycles. The smallest absolute Gasteiger partial charge is 0.324 e. The second-order valence-electron chi connectivity index (χ2n) is 7.30. The van der Waals surface area contributed by atoms with Crippen LogP contribution in [-0.4, -0.2) is 73.3 Å². The number of hydrogen-bond acceptors (Lipinski definition) is 5. The van der Waals surface area contributed by atoms with Crippen LogP contribution in [0.4, 0.5) is 0 Å². The summed E-state index contributed by atoms with van der Waals surface area (Å²) in [6.45, 7) is 11.0. The highest BCUT2D eigenvalue weighted by Crippen LogP contribution is 2.34. The second-order valence-corrected chi connectivity index (χ2v) is 8.91. The largest absolute Gasteiger partial charge is 0.339 e. The van der Waals surface area contributed by atoms with Crippen molar-refractivity contribution in [2.24, 2.45) is 0 Å². The van der Waals surface area contributed by atoms with Crippen molar-refractivity contribution in [1.82, 2.24) is 20.9 Å². The molecule has 0 aromatic rings. The summed E-state index contributed by atoms with van der Waals surface area (Å²) in [6.07, 6.45) is 11.3. The lowest BCUT2D eigenvalue weighted by Gasteiger charge is -2.23. The first-order chi connectivity index (χ1) is 13.0. The summed E-state index contributed by atoms with van der Waals surface area (Å²) in [6, 6.07) is 0. The van der Waals surface area contributed by atoms with Gasteiger partial charge >= 0.3 is 7.60 Å². The molecular formula is C19H45N4O3P. The fourth-order valence-corrected chi connectivity index (χ4v) is 3.73. The van der Waals surface area contributed by atoms with E-state index in [9.17, 15) is 4.57 Å². The highest BCUT2D eigenvalue weighted by Gasteiger charge is 2.18. The molecule has 1 rings (SSSR count). The molecule has 0 spiro atoms. The van der Waals surface area contributed by atoms with Gasteiger partial charge in [0.15, 0.2) is 0 Å². The van der Waals surface area contributed by atoms with Crippen molar-refractivity contribution < 1.29 is 14.4 Å². The Morgan fingerprint density at radius 2 is 1.07 bits per heavy atom. The number of nitrogens with one attached hydrogen (secondary N) is 3. The van der Waals surface area contributed by atoms with Crippen LogP contribution in [0.15, 0.2) is 0 Å². The molecule has 1 heterocycles. The Hall–Kier alpha value is -0.0100. The van der Waals surface area contributed by atoms with Crippen molar-refractivity contribution in [2.45, 2.75) is 65.2 Å². The fraction of sp³-hybridized carbons (Fsp3) is 1.00. The summed E-state index contributed by atoms with van der Waals surface area (Å²) in [5, 5.41) is 9.77. The first kappa shape index (κ1) is 27.0. The molecule has 0 aliphatic carbocycles. The van der Waals surface area contributed by atoms with Gasteiger partial charge in [0, 0.05) is 52.4 Å². The van der Waals surface area contributed by atoms with Crippen LogP contribution in [0.25, 0.3) is 0 Å². The maximum atomic E-state index is 11.0. The average molecular weight is 409 g/mol. The zero-order chi connectivity index (χ0) is 20.2. The van der Waals surface area contributed by atoms with Crippen LogP contribution >= 0.6 is 7.60 Å². The quantitative estimate of drug-likeness (QED) is 0.295. The molecule has 8 heteroatoms. The molecule has 0 aromatic carbocycles. The molecular weight excluding hydrogens is 363 g/mol. The van der Waals surface area contributed by atoms with Gasteiger partial charge < -0.3 is 25.7 Å². The fourth-order valence-electron chi connectivity index (χ4n) is 2.92. The van der Waals surface area contributed by atoms with Crippen molar-refractivity contribution >= 4 is 7.60 Å². The molecule has 0 atom stereocenters. The van der Waals surface area contributed by atoms with Crippen molar-refractivity contribution in [3.63, 3.8) is 0 Å². The minimum Gasteiger partial charge on any atom is -0.324 e. The number of hydrogen-bond donors (Lipinski definition) is 5. The highest BCUT2D eigenvalue weighted by atomic mass is 31.2. The summed E-state index contributed by atoms with van der Waals surface area (Å²) in [5.41, 5.74) is 0. The molecule has 7 nitrogen and oxygen atoms in total. The monoisotopic (exact) mass is 408 g/mol. The lowest BCUT2D eigenvalue weighted by Crippen LogP contribution is -2.42. The molecule has 0 bridgehead atoms. The van der Waals surface area contributed by atoms with Gasteiger partial charge in [0.2, 0.25) is 0 Å². The van der Waals surface area contributed by atoms with Crippen LogP contribution in [0, 0.1) is 0 Å². The summed E-state index contributed by atoms with van der Waals surface area (Å²) in [5.74, 6) is 0. The van der Waals surface area contributed by atoms with Crippen LogP contribution < -0.4 is 16.0 Å². The molecule has 164 valence electrons. The van der Waals surface area contributed by atoms with Crippen molar-refractivity contribution in [2.75, 3.05) is 58.6 Å². The third-order valence-corrected chi connectivity index (χ3v) is 5.28. The third kappa shape index (κ3) is 22.1. The number of rotatable bonds is 9. The Balaban J connectivity index is 0.000000580. The third-order valence-electron chi connectivity index (χ3n) is 4.51. The number of unbranched alkanes of at least 4 members (excludes halogenated alkanes) is 7. The molecule has 0 amide bonds. The SMILES string of the molecule is CCCCCCCCCC.O=P(O)(O)CN1CCNCCNCCNCC1. The van der Waals surface area contributed by atoms with Crippen LogP contribution in [0.5, 0.6) is 0 Å². The first-order valence-corrected chi connectivity index (χ1v) is 12.7. The number of nitrogens with zero attached hydrogens (tertiary/aromatic N) is 1. The van der Waals surface area contributed by atoms with E-state index in [1.165, 1.54) is 51.4 Å². The molecule has 0 saturated carbocycles. The van der Waals surface area contributed by atoms with Gasteiger partial charge in [-0.3, -0.25) is 9.46 Å². The van der Waals surface area contributed by atoms with Crippen LogP contribution in [0.1, 0.15) is 65.2 Å². The predicted molar refractivity (Wildman–Crippen MR) is 115 cm³/mol. The van der Waals surface area contributed by atoms with Gasteiger partial charge in [0.1, 0.15) is 6.29 Å². The highest BCUT2D eigenvalue weighted by molar-refractivity contribution is 7.51. The van der Waals surface area contributed by atoms with Crippen molar-refractivity contribution in [1.29, 1.82) is 0 Å². The van der Waals surface area contributed by atoms with E-state index in [-0.39, 0.29) is 6.29 Å². The Morgan fingerprint density at radius 1 is 0.704 bits per heavy atom. The predicted octanol–water partition coefficient (Wildman–Crippen LogP) is 2.35. The van der Waals surface area contributed by atoms with Gasteiger partial charge in [0.05, 0.1) is 0 Å². The molecule has 1 aliphatic rings. The maximum Gasteiger partial charge on any atom is 0.339 e. The molecule has 1 saturated heterocycles. The second kappa shape index (κ2) is 19.3. The minimum atomic E-state index is -3.95. The minimum absolute atomic E-state index is 0.158. The van der Waals surface area contributed by atoms with Gasteiger partial charge in [0.25, 0.3) is 0 Å². The average Bonchev–Trinajstić information content (AvgIpc) is 2.60. The summed E-state index contributed by atoms with van der Waals surface area (Å²) < 4.78 is 11.0. The van der Waals surface area contributed by atoms with Crippen molar-refractivity contribution in [3.05, 3.63) is 0 Å². The Labute approximate surface area is 167 Å². The van der Waals surface area contributed by atoms with E-state index in [1.54, 1.807) is 4.90 Å². The molecule has 0 radical (unpaired) electrons. The van der Waals surface area contributed by atoms with Gasteiger partial charge in [-0.1, -0.05) is 65.2 Å². The van der Waals surface area contributed by atoms with E-state index in [1.807, 2.05) is 0 Å². The normalized spacial score (nSPS) is 18.1. The zero-order valence-electron chi connectivity index (χ0n) is 17.7.